The molecule has 6 nitrogen and oxygen atoms in total. The summed E-state index contributed by atoms with van der Waals surface area (Å²) in [5.41, 5.74) is -1.19. The summed E-state index contributed by atoms with van der Waals surface area (Å²) in [7, 11) is 0. The first kappa shape index (κ1) is 17.1. The standard InChI is InChI=1S/C16H28N2O4/c1-14(2,3)22-13(21)18-9-16(10-18,8-12(19)20)17-15(4,5)11-6-7-11/h11,17H,6-10H2,1-5H3,(H,19,20). The number of carbonyl (C=O) groups excluding carboxylic acids is 1. The number of carboxylic acids is 1. The van der Waals surface area contributed by atoms with E-state index < -0.39 is 17.1 Å². The van der Waals surface area contributed by atoms with Gasteiger partial charge in [0, 0.05) is 18.6 Å². The van der Waals surface area contributed by atoms with Crippen molar-refractivity contribution in [2.24, 2.45) is 5.92 Å². The van der Waals surface area contributed by atoms with E-state index in [4.69, 9.17) is 4.74 Å². The Hall–Kier alpha value is -1.30. The average Bonchev–Trinajstić information content (AvgIpc) is 3.04. The van der Waals surface area contributed by atoms with Gasteiger partial charge >= 0.3 is 12.1 Å². The van der Waals surface area contributed by atoms with Crippen molar-refractivity contribution in [1.29, 1.82) is 0 Å². The highest BCUT2D eigenvalue weighted by molar-refractivity contribution is 5.73. The van der Waals surface area contributed by atoms with Gasteiger partial charge in [0.1, 0.15) is 5.60 Å². The van der Waals surface area contributed by atoms with E-state index in [1.807, 2.05) is 20.8 Å². The fourth-order valence-electron chi connectivity index (χ4n) is 3.26. The number of nitrogens with one attached hydrogen (secondary N) is 1. The summed E-state index contributed by atoms with van der Waals surface area (Å²) in [4.78, 5) is 24.8. The molecule has 1 saturated carbocycles. The normalized spacial score (nSPS) is 21.2. The van der Waals surface area contributed by atoms with E-state index in [1.165, 1.54) is 12.8 Å². The molecule has 1 aliphatic heterocycles. The summed E-state index contributed by atoms with van der Waals surface area (Å²) >= 11 is 0. The summed E-state index contributed by atoms with van der Waals surface area (Å²) < 4.78 is 5.34. The minimum Gasteiger partial charge on any atom is -0.481 e. The van der Waals surface area contributed by atoms with Crippen LogP contribution in [0.3, 0.4) is 0 Å². The van der Waals surface area contributed by atoms with Gasteiger partial charge in [-0.05, 0) is 53.4 Å². The molecule has 0 spiro atoms. The molecule has 0 radical (unpaired) electrons. The Morgan fingerprint density at radius 3 is 2.18 bits per heavy atom. The van der Waals surface area contributed by atoms with Gasteiger partial charge in [0.15, 0.2) is 0 Å². The number of aliphatic carboxylic acids is 1. The molecule has 22 heavy (non-hydrogen) atoms. The van der Waals surface area contributed by atoms with Crippen molar-refractivity contribution in [2.75, 3.05) is 13.1 Å². The van der Waals surface area contributed by atoms with E-state index in [1.54, 1.807) is 4.90 Å². The van der Waals surface area contributed by atoms with Crippen molar-refractivity contribution in [3.63, 3.8) is 0 Å². The van der Waals surface area contributed by atoms with Crippen molar-refractivity contribution >= 4 is 12.1 Å². The van der Waals surface area contributed by atoms with Crippen LogP contribution in [-0.2, 0) is 9.53 Å². The predicted molar refractivity (Wildman–Crippen MR) is 82.7 cm³/mol. The van der Waals surface area contributed by atoms with Crippen LogP contribution in [0.5, 0.6) is 0 Å². The highest BCUT2D eigenvalue weighted by atomic mass is 16.6. The highest BCUT2D eigenvalue weighted by Crippen LogP contribution is 2.41. The van der Waals surface area contributed by atoms with Crippen LogP contribution >= 0.6 is 0 Å². The molecule has 2 fully saturated rings. The van der Waals surface area contributed by atoms with Crippen LogP contribution in [0.25, 0.3) is 0 Å². The third-order valence-corrected chi connectivity index (χ3v) is 4.31. The number of carbonyl (C=O) groups is 2. The molecule has 2 aliphatic rings. The lowest BCUT2D eigenvalue weighted by Crippen LogP contribution is -2.74. The largest absolute Gasteiger partial charge is 0.481 e. The zero-order valence-electron chi connectivity index (χ0n) is 14.2. The topological polar surface area (TPSA) is 78.9 Å². The van der Waals surface area contributed by atoms with Crippen molar-refractivity contribution < 1.29 is 19.4 Å². The molecule has 0 atom stereocenters. The number of nitrogens with zero attached hydrogens (tertiary/aromatic N) is 1. The molecule has 1 amide bonds. The Morgan fingerprint density at radius 1 is 1.23 bits per heavy atom. The zero-order valence-corrected chi connectivity index (χ0v) is 14.2. The van der Waals surface area contributed by atoms with E-state index in [2.05, 4.69) is 19.2 Å². The maximum atomic E-state index is 12.1. The van der Waals surface area contributed by atoms with Crippen molar-refractivity contribution in [2.45, 2.75) is 70.6 Å². The van der Waals surface area contributed by atoms with E-state index in [-0.39, 0.29) is 18.1 Å². The Morgan fingerprint density at radius 2 is 1.77 bits per heavy atom. The molecule has 1 saturated heterocycles. The van der Waals surface area contributed by atoms with Gasteiger partial charge in [-0.3, -0.25) is 4.79 Å². The summed E-state index contributed by atoms with van der Waals surface area (Å²) in [6, 6.07) is 0. The van der Waals surface area contributed by atoms with Crippen molar-refractivity contribution in [3.8, 4) is 0 Å². The van der Waals surface area contributed by atoms with Crippen molar-refractivity contribution in [1.82, 2.24) is 10.2 Å². The SMILES string of the molecule is CC(C)(C)OC(=O)N1CC(CC(=O)O)(NC(C)(C)C2CC2)C1. The molecular weight excluding hydrogens is 284 g/mol. The maximum Gasteiger partial charge on any atom is 0.410 e. The van der Waals surface area contributed by atoms with Crippen LogP contribution in [-0.4, -0.2) is 51.8 Å². The molecule has 2 N–H and O–H groups in total. The molecule has 2 rings (SSSR count). The van der Waals surface area contributed by atoms with Crippen LogP contribution in [0.2, 0.25) is 0 Å². The summed E-state index contributed by atoms with van der Waals surface area (Å²) in [6.07, 6.45) is 2.00. The number of amides is 1. The summed E-state index contributed by atoms with van der Waals surface area (Å²) in [6.45, 7) is 10.5. The van der Waals surface area contributed by atoms with Crippen LogP contribution in [0, 0.1) is 5.92 Å². The lowest BCUT2D eigenvalue weighted by atomic mass is 9.82. The molecule has 0 unspecified atom stereocenters. The molecule has 0 aromatic heterocycles. The van der Waals surface area contributed by atoms with Gasteiger partial charge in [0.25, 0.3) is 0 Å². The highest BCUT2D eigenvalue weighted by Gasteiger charge is 2.52. The molecule has 0 bridgehead atoms. The van der Waals surface area contributed by atoms with Crippen LogP contribution < -0.4 is 5.32 Å². The smallest absolute Gasteiger partial charge is 0.410 e. The first-order valence-corrected chi connectivity index (χ1v) is 7.92. The third-order valence-electron chi connectivity index (χ3n) is 4.31. The molecule has 0 aromatic rings. The molecule has 0 aromatic carbocycles. The molecule has 1 aliphatic carbocycles. The summed E-state index contributed by atoms with van der Waals surface area (Å²) in [5, 5.41) is 12.7. The Kier molecular flexibility index (Phi) is 4.19. The van der Waals surface area contributed by atoms with Gasteiger partial charge in [-0.1, -0.05) is 0 Å². The van der Waals surface area contributed by atoms with Crippen LogP contribution in [0.4, 0.5) is 4.79 Å². The van der Waals surface area contributed by atoms with Gasteiger partial charge in [-0.2, -0.15) is 0 Å². The molecule has 6 heteroatoms. The Bertz CT molecular complexity index is 457. The predicted octanol–water partition coefficient (Wildman–Crippen LogP) is 2.23. The second-order valence-corrected chi connectivity index (χ2v) is 8.31. The van der Waals surface area contributed by atoms with Crippen LogP contribution in [0.1, 0.15) is 53.9 Å². The molecule has 126 valence electrons. The van der Waals surface area contributed by atoms with Gasteiger partial charge in [-0.15, -0.1) is 0 Å². The number of ether oxygens (including phenoxy) is 1. The fraction of sp³-hybridized carbons (Fsp3) is 0.875. The lowest BCUT2D eigenvalue weighted by Gasteiger charge is -2.53. The van der Waals surface area contributed by atoms with E-state index in [0.29, 0.717) is 19.0 Å². The van der Waals surface area contributed by atoms with Crippen molar-refractivity contribution in [3.05, 3.63) is 0 Å². The minimum absolute atomic E-state index is 0.0163. The first-order valence-electron chi connectivity index (χ1n) is 7.92. The second kappa shape index (κ2) is 5.41. The Labute approximate surface area is 132 Å². The van der Waals surface area contributed by atoms with E-state index in [9.17, 15) is 14.7 Å². The molecule has 1 heterocycles. The maximum absolute atomic E-state index is 12.1. The summed E-state index contributed by atoms with van der Waals surface area (Å²) in [5.74, 6) is -0.253. The molecular formula is C16H28N2O4. The van der Waals surface area contributed by atoms with Gasteiger partial charge in [0.05, 0.1) is 12.0 Å². The number of rotatable bonds is 5. The van der Waals surface area contributed by atoms with Crippen LogP contribution in [0.15, 0.2) is 0 Å². The van der Waals surface area contributed by atoms with Gasteiger partial charge in [0.2, 0.25) is 0 Å². The number of hydrogen-bond donors (Lipinski definition) is 2. The third kappa shape index (κ3) is 4.12. The lowest BCUT2D eigenvalue weighted by molar-refractivity contribution is -0.141. The quantitative estimate of drug-likeness (QED) is 0.814. The van der Waals surface area contributed by atoms with E-state index >= 15 is 0 Å². The minimum atomic E-state index is -0.845. The monoisotopic (exact) mass is 312 g/mol. The second-order valence-electron chi connectivity index (χ2n) is 8.31. The van der Waals surface area contributed by atoms with E-state index in [0.717, 1.165) is 0 Å². The average molecular weight is 312 g/mol. The number of hydrogen-bond acceptors (Lipinski definition) is 4. The van der Waals surface area contributed by atoms with Gasteiger partial charge in [-0.25, -0.2) is 4.79 Å². The fourth-order valence-corrected chi connectivity index (χ4v) is 3.26. The Balaban J connectivity index is 1.99. The number of likely N-dealkylation sites (tertiary alicyclic amines) is 1. The zero-order chi connectivity index (χ0) is 16.8. The first-order chi connectivity index (χ1) is 9.92. The van der Waals surface area contributed by atoms with Gasteiger partial charge < -0.3 is 20.1 Å². The number of carboxylic acid groups (broad SMARTS) is 1.